The number of hydrogen-bond donors (Lipinski definition) is 0. The molecule has 1 aromatic carbocycles. The quantitative estimate of drug-likeness (QED) is 0.805. The number of fused-ring (bicyclic) bond motifs is 1. The minimum atomic E-state index is -0.436. The van der Waals surface area contributed by atoms with E-state index in [1.165, 1.54) is 12.7 Å². The van der Waals surface area contributed by atoms with Crippen LogP contribution in [0.2, 0.25) is 0 Å². The number of esters is 1. The van der Waals surface area contributed by atoms with Crippen LogP contribution in [-0.2, 0) is 24.2 Å². The van der Waals surface area contributed by atoms with Gasteiger partial charge in [0.1, 0.15) is 17.6 Å². The number of nitrogens with zero attached hydrogens (tertiary/aromatic N) is 1. The van der Waals surface area contributed by atoms with Gasteiger partial charge in [-0.1, -0.05) is 25.1 Å². The summed E-state index contributed by atoms with van der Waals surface area (Å²) >= 11 is 0. The third kappa shape index (κ3) is 3.46. The van der Waals surface area contributed by atoms with E-state index in [1.54, 1.807) is 6.07 Å². The van der Waals surface area contributed by atoms with Crippen LogP contribution in [0.5, 0.6) is 5.75 Å². The van der Waals surface area contributed by atoms with Crippen LogP contribution in [-0.4, -0.2) is 30.6 Å². The van der Waals surface area contributed by atoms with Gasteiger partial charge < -0.3 is 13.9 Å². The van der Waals surface area contributed by atoms with Gasteiger partial charge in [0.15, 0.2) is 0 Å². The fourth-order valence-electron chi connectivity index (χ4n) is 3.13. The van der Waals surface area contributed by atoms with Gasteiger partial charge in [-0.25, -0.2) is 4.79 Å². The fourth-order valence-corrected chi connectivity index (χ4v) is 3.13. The molecule has 0 amide bonds. The predicted molar refractivity (Wildman–Crippen MR) is 90.1 cm³/mol. The molecule has 0 N–H and O–H groups in total. The Bertz CT molecular complexity index is 722. The summed E-state index contributed by atoms with van der Waals surface area (Å²) in [5.41, 5.74) is 2.21. The molecule has 0 aliphatic carbocycles. The third-order valence-corrected chi connectivity index (χ3v) is 4.21. The highest BCUT2D eigenvalue weighted by Crippen LogP contribution is 2.27. The molecule has 1 aliphatic heterocycles. The van der Waals surface area contributed by atoms with Gasteiger partial charge in [-0.2, -0.15) is 0 Å². The van der Waals surface area contributed by atoms with Crippen molar-refractivity contribution in [1.29, 1.82) is 0 Å². The smallest absolute Gasteiger partial charge is 0.373 e. The number of hydrogen-bond acceptors (Lipinski definition) is 5. The molecular formula is C19H23NO4. The maximum absolute atomic E-state index is 11.7. The van der Waals surface area contributed by atoms with Crippen LogP contribution in [0.15, 0.2) is 34.7 Å². The summed E-state index contributed by atoms with van der Waals surface area (Å²) in [4.78, 5) is 14.0. The van der Waals surface area contributed by atoms with Crippen molar-refractivity contribution in [2.75, 3.05) is 13.7 Å². The SMILES string of the molecule is CCc1oc(C(=O)OC)cc1CN1Cc2ccccc2OC(C)C1. The molecule has 5 nitrogen and oxygen atoms in total. The van der Waals surface area contributed by atoms with E-state index in [1.807, 2.05) is 25.1 Å². The van der Waals surface area contributed by atoms with E-state index >= 15 is 0 Å². The number of aryl methyl sites for hydroxylation is 1. The Labute approximate surface area is 142 Å². The van der Waals surface area contributed by atoms with Gasteiger partial charge >= 0.3 is 5.97 Å². The fraction of sp³-hybridized carbons (Fsp3) is 0.421. The van der Waals surface area contributed by atoms with Crippen molar-refractivity contribution >= 4 is 5.97 Å². The van der Waals surface area contributed by atoms with Crippen LogP contribution in [0.4, 0.5) is 0 Å². The molecule has 0 saturated carbocycles. The Morgan fingerprint density at radius 3 is 2.92 bits per heavy atom. The highest BCUT2D eigenvalue weighted by molar-refractivity contribution is 5.86. The molecule has 0 saturated heterocycles. The summed E-state index contributed by atoms with van der Waals surface area (Å²) in [6.07, 6.45) is 0.841. The molecule has 1 aliphatic rings. The molecule has 0 radical (unpaired) electrons. The van der Waals surface area contributed by atoms with E-state index in [0.29, 0.717) is 6.54 Å². The second kappa shape index (κ2) is 7.09. The first-order valence-corrected chi connectivity index (χ1v) is 8.27. The van der Waals surface area contributed by atoms with Gasteiger partial charge in [0.25, 0.3) is 0 Å². The molecule has 24 heavy (non-hydrogen) atoms. The molecule has 3 rings (SSSR count). The number of methoxy groups -OCH3 is 1. The van der Waals surface area contributed by atoms with Crippen molar-refractivity contribution in [1.82, 2.24) is 4.90 Å². The largest absolute Gasteiger partial charge is 0.489 e. The topological polar surface area (TPSA) is 51.9 Å². The Kier molecular flexibility index (Phi) is 4.90. The van der Waals surface area contributed by atoms with Gasteiger partial charge in [-0.05, 0) is 19.1 Å². The summed E-state index contributed by atoms with van der Waals surface area (Å²) in [6, 6.07) is 9.93. The monoisotopic (exact) mass is 329 g/mol. The molecule has 1 atom stereocenters. The molecule has 5 heteroatoms. The average Bonchev–Trinajstić information content (AvgIpc) is 2.90. The van der Waals surface area contributed by atoms with Crippen LogP contribution in [0, 0.1) is 0 Å². The van der Waals surface area contributed by atoms with Crippen molar-refractivity contribution in [2.24, 2.45) is 0 Å². The Balaban J connectivity index is 1.83. The molecule has 0 spiro atoms. The summed E-state index contributed by atoms with van der Waals surface area (Å²) in [6.45, 7) is 6.43. The van der Waals surface area contributed by atoms with Crippen LogP contribution in [0.25, 0.3) is 0 Å². The molecule has 2 heterocycles. The second-order valence-electron chi connectivity index (χ2n) is 6.11. The van der Waals surface area contributed by atoms with Crippen LogP contribution in [0.3, 0.4) is 0 Å². The number of para-hydroxylation sites is 1. The standard InChI is InChI=1S/C19H23NO4/c1-4-16-15(9-18(24-16)19(21)22-3)12-20-10-13(2)23-17-8-6-5-7-14(17)11-20/h5-9,13H,4,10-12H2,1-3H3. The van der Waals surface area contributed by atoms with E-state index < -0.39 is 5.97 Å². The average molecular weight is 329 g/mol. The van der Waals surface area contributed by atoms with Crippen molar-refractivity contribution in [3.63, 3.8) is 0 Å². The zero-order valence-corrected chi connectivity index (χ0v) is 14.4. The van der Waals surface area contributed by atoms with E-state index in [4.69, 9.17) is 13.9 Å². The first kappa shape index (κ1) is 16.6. The lowest BCUT2D eigenvalue weighted by Crippen LogP contribution is -2.30. The molecule has 2 aromatic rings. The molecule has 1 aromatic heterocycles. The Hall–Kier alpha value is -2.27. The lowest BCUT2D eigenvalue weighted by Gasteiger charge is -2.21. The van der Waals surface area contributed by atoms with Crippen molar-refractivity contribution in [2.45, 2.75) is 39.5 Å². The van der Waals surface area contributed by atoms with Crippen LogP contribution in [0.1, 0.15) is 41.3 Å². The van der Waals surface area contributed by atoms with Gasteiger partial charge in [0, 0.05) is 37.2 Å². The first-order valence-electron chi connectivity index (χ1n) is 8.27. The second-order valence-corrected chi connectivity index (χ2v) is 6.11. The summed E-state index contributed by atoms with van der Waals surface area (Å²) < 4.78 is 16.4. The number of carbonyl (C=O) groups is 1. The van der Waals surface area contributed by atoms with E-state index in [-0.39, 0.29) is 11.9 Å². The maximum Gasteiger partial charge on any atom is 0.373 e. The van der Waals surface area contributed by atoms with E-state index in [0.717, 1.165) is 36.6 Å². The lowest BCUT2D eigenvalue weighted by molar-refractivity contribution is 0.0563. The third-order valence-electron chi connectivity index (χ3n) is 4.21. The summed E-state index contributed by atoms with van der Waals surface area (Å²) in [7, 11) is 1.36. The maximum atomic E-state index is 11.7. The Morgan fingerprint density at radius 2 is 2.17 bits per heavy atom. The summed E-state index contributed by atoms with van der Waals surface area (Å²) in [5.74, 6) is 1.62. The number of carbonyl (C=O) groups excluding carboxylic acids is 1. The van der Waals surface area contributed by atoms with E-state index in [2.05, 4.69) is 17.9 Å². The lowest BCUT2D eigenvalue weighted by atomic mass is 10.1. The minimum absolute atomic E-state index is 0.103. The van der Waals surface area contributed by atoms with Crippen molar-refractivity contribution in [3.05, 3.63) is 53.0 Å². The van der Waals surface area contributed by atoms with Crippen LogP contribution < -0.4 is 4.74 Å². The zero-order valence-electron chi connectivity index (χ0n) is 14.4. The highest BCUT2D eigenvalue weighted by Gasteiger charge is 2.23. The van der Waals surface area contributed by atoms with Gasteiger partial charge in [0.2, 0.25) is 5.76 Å². The molecule has 0 fully saturated rings. The molecule has 1 unspecified atom stereocenters. The molecule has 128 valence electrons. The number of rotatable bonds is 4. The summed E-state index contributed by atoms with van der Waals surface area (Å²) in [5, 5.41) is 0. The predicted octanol–water partition coefficient (Wildman–Crippen LogP) is 3.41. The van der Waals surface area contributed by atoms with Crippen molar-refractivity contribution in [3.8, 4) is 5.75 Å². The molecular weight excluding hydrogens is 306 g/mol. The number of furan rings is 1. The van der Waals surface area contributed by atoms with Crippen molar-refractivity contribution < 1.29 is 18.7 Å². The number of benzene rings is 1. The first-order chi connectivity index (χ1) is 11.6. The molecule has 0 bridgehead atoms. The number of ether oxygens (including phenoxy) is 2. The zero-order chi connectivity index (χ0) is 17.1. The Morgan fingerprint density at radius 1 is 1.38 bits per heavy atom. The van der Waals surface area contributed by atoms with E-state index in [9.17, 15) is 4.79 Å². The highest BCUT2D eigenvalue weighted by atomic mass is 16.5. The van der Waals surface area contributed by atoms with Gasteiger partial charge in [-0.15, -0.1) is 0 Å². The van der Waals surface area contributed by atoms with Gasteiger partial charge in [0.05, 0.1) is 7.11 Å². The normalized spacial score (nSPS) is 17.7. The van der Waals surface area contributed by atoms with Crippen LogP contribution >= 0.6 is 0 Å². The van der Waals surface area contributed by atoms with Gasteiger partial charge in [-0.3, -0.25) is 4.90 Å². The minimum Gasteiger partial charge on any atom is -0.489 e.